The quantitative estimate of drug-likeness (QED) is 0.743. The molecule has 116 valence electrons. The first-order valence-electron chi connectivity index (χ1n) is 6.46. The number of nitrogens with two attached hydrogens (primary N) is 1. The van der Waals surface area contributed by atoms with Crippen molar-refractivity contribution in [3.05, 3.63) is 0 Å². The number of carbonyl (C=O) groups excluding carboxylic acids is 1. The fourth-order valence-corrected chi connectivity index (χ4v) is 2.06. The van der Waals surface area contributed by atoms with Crippen LogP contribution >= 0.6 is 0 Å². The van der Waals surface area contributed by atoms with Crippen molar-refractivity contribution < 1.29 is 27.9 Å². The number of carboxylic acid groups (broad SMARTS) is 1. The topological polar surface area (TPSA) is 83.6 Å². The highest BCUT2D eigenvalue weighted by Gasteiger charge is 2.41. The fraction of sp³-hybridized carbons (Fsp3) is 0.833. The second kappa shape index (κ2) is 6.43. The van der Waals surface area contributed by atoms with Gasteiger partial charge in [-0.1, -0.05) is 0 Å². The van der Waals surface area contributed by atoms with Crippen molar-refractivity contribution in [2.24, 2.45) is 11.7 Å². The fourth-order valence-electron chi connectivity index (χ4n) is 2.06. The minimum absolute atomic E-state index is 0.0768. The number of hydrogen-bond acceptors (Lipinski definition) is 3. The molecule has 0 bridgehead atoms. The lowest BCUT2D eigenvalue weighted by Gasteiger charge is -2.32. The van der Waals surface area contributed by atoms with Gasteiger partial charge in [0, 0.05) is 12.5 Å². The molecule has 1 aliphatic carbocycles. The van der Waals surface area contributed by atoms with Crippen LogP contribution in [0.4, 0.5) is 13.2 Å². The molecule has 1 rings (SSSR count). The van der Waals surface area contributed by atoms with Gasteiger partial charge in [-0.15, -0.1) is 0 Å². The van der Waals surface area contributed by atoms with Crippen LogP contribution in [0.2, 0.25) is 0 Å². The smallest absolute Gasteiger partial charge is 0.406 e. The van der Waals surface area contributed by atoms with E-state index in [1.165, 1.54) is 0 Å². The minimum Gasteiger partial charge on any atom is -0.481 e. The molecule has 0 aromatic heterocycles. The van der Waals surface area contributed by atoms with Gasteiger partial charge in [0.25, 0.3) is 0 Å². The van der Waals surface area contributed by atoms with Crippen molar-refractivity contribution in [1.82, 2.24) is 4.90 Å². The number of carboxylic acids is 1. The second-order valence-corrected chi connectivity index (χ2v) is 5.20. The predicted octanol–water partition coefficient (Wildman–Crippen LogP) is 1.37. The molecule has 1 fully saturated rings. The van der Waals surface area contributed by atoms with E-state index < -0.39 is 36.7 Å². The number of carbonyl (C=O) groups is 2. The van der Waals surface area contributed by atoms with E-state index in [9.17, 15) is 22.8 Å². The Kier molecular flexibility index (Phi) is 5.38. The van der Waals surface area contributed by atoms with E-state index in [-0.39, 0.29) is 18.8 Å². The van der Waals surface area contributed by atoms with Crippen LogP contribution in [0.15, 0.2) is 0 Å². The lowest BCUT2D eigenvalue weighted by atomic mass is 10.1. The third kappa shape index (κ3) is 5.36. The van der Waals surface area contributed by atoms with Gasteiger partial charge in [0.2, 0.25) is 5.91 Å². The van der Waals surface area contributed by atoms with Gasteiger partial charge in [-0.3, -0.25) is 9.59 Å². The Morgan fingerprint density at radius 2 is 1.95 bits per heavy atom. The van der Waals surface area contributed by atoms with Crippen molar-refractivity contribution >= 4 is 11.9 Å². The summed E-state index contributed by atoms with van der Waals surface area (Å²) in [5.41, 5.74) is 5.52. The molecule has 3 N–H and O–H groups in total. The molecule has 0 aromatic carbocycles. The standard InChI is InChI=1S/C12H19F3N2O3/c1-7(8-2-3-8)17(6-12(13,14)15)11(20)9(16)4-5-10(18)19/h7-9H,2-6,16H2,1H3,(H,18,19). The zero-order valence-corrected chi connectivity index (χ0v) is 11.2. The van der Waals surface area contributed by atoms with Crippen molar-refractivity contribution in [2.45, 2.75) is 50.9 Å². The summed E-state index contributed by atoms with van der Waals surface area (Å²) in [5, 5.41) is 8.52. The van der Waals surface area contributed by atoms with Crippen molar-refractivity contribution in [1.29, 1.82) is 0 Å². The second-order valence-electron chi connectivity index (χ2n) is 5.20. The van der Waals surface area contributed by atoms with Crippen LogP contribution in [0, 0.1) is 5.92 Å². The summed E-state index contributed by atoms with van der Waals surface area (Å²) < 4.78 is 37.7. The van der Waals surface area contributed by atoms with Crippen molar-refractivity contribution in [2.75, 3.05) is 6.54 Å². The summed E-state index contributed by atoms with van der Waals surface area (Å²) in [6, 6.07) is -1.74. The van der Waals surface area contributed by atoms with Crippen LogP contribution in [0.5, 0.6) is 0 Å². The SMILES string of the molecule is CC(C1CC1)N(CC(F)(F)F)C(=O)C(N)CCC(=O)O. The molecule has 1 aliphatic rings. The van der Waals surface area contributed by atoms with E-state index in [1.54, 1.807) is 6.92 Å². The Balaban J connectivity index is 2.69. The largest absolute Gasteiger partial charge is 0.481 e. The van der Waals surface area contributed by atoms with Gasteiger partial charge in [-0.25, -0.2) is 0 Å². The molecule has 1 amide bonds. The zero-order valence-electron chi connectivity index (χ0n) is 11.2. The van der Waals surface area contributed by atoms with E-state index in [4.69, 9.17) is 10.8 Å². The van der Waals surface area contributed by atoms with Gasteiger partial charge in [0.1, 0.15) is 6.54 Å². The summed E-state index contributed by atoms with van der Waals surface area (Å²) >= 11 is 0. The molecule has 0 aromatic rings. The summed E-state index contributed by atoms with van der Waals surface area (Å²) in [5.74, 6) is -1.89. The summed E-state index contributed by atoms with van der Waals surface area (Å²) in [6.07, 6.45) is -3.41. The van der Waals surface area contributed by atoms with E-state index in [2.05, 4.69) is 0 Å². The molecule has 0 saturated heterocycles. The van der Waals surface area contributed by atoms with E-state index in [0.29, 0.717) is 0 Å². The van der Waals surface area contributed by atoms with Gasteiger partial charge in [-0.05, 0) is 32.1 Å². The molecule has 8 heteroatoms. The highest BCUT2D eigenvalue weighted by atomic mass is 19.4. The maximum absolute atomic E-state index is 12.6. The van der Waals surface area contributed by atoms with Crippen LogP contribution in [0.3, 0.4) is 0 Å². The molecular formula is C12H19F3N2O3. The maximum Gasteiger partial charge on any atom is 0.406 e. The number of nitrogens with zero attached hydrogens (tertiary/aromatic N) is 1. The van der Waals surface area contributed by atoms with Crippen LogP contribution < -0.4 is 5.73 Å². The minimum atomic E-state index is -4.49. The molecule has 0 aliphatic heterocycles. The average Bonchev–Trinajstić information content (AvgIpc) is 3.14. The molecule has 5 nitrogen and oxygen atoms in total. The highest BCUT2D eigenvalue weighted by molar-refractivity contribution is 5.82. The van der Waals surface area contributed by atoms with Crippen LogP contribution in [0.1, 0.15) is 32.6 Å². The summed E-state index contributed by atoms with van der Waals surface area (Å²) in [6.45, 7) is 0.232. The van der Waals surface area contributed by atoms with Gasteiger partial charge in [0.15, 0.2) is 0 Å². The number of hydrogen-bond donors (Lipinski definition) is 2. The Hall–Kier alpha value is -1.31. The molecule has 0 spiro atoms. The van der Waals surface area contributed by atoms with E-state index in [0.717, 1.165) is 17.7 Å². The number of alkyl halides is 3. The normalized spacial score (nSPS) is 18.4. The van der Waals surface area contributed by atoms with Gasteiger partial charge >= 0.3 is 12.1 Å². The van der Waals surface area contributed by atoms with Crippen LogP contribution in [0.25, 0.3) is 0 Å². The van der Waals surface area contributed by atoms with Gasteiger partial charge < -0.3 is 15.7 Å². The van der Waals surface area contributed by atoms with Crippen molar-refractivity contribution in [3.8, 4) is 0 Å². The van der Waals surface area contributed by atoms with Crippen LogP contribution in [-0.2, 0) is 9.59 Å². The lowest BCUT2D eigenvalue weighted by molar-refractivity contribution is -0.167. The summed E-state index contributed by atoms with van der Waals surface area (Å²) in [7, 11) is 0. The number of amides is 1. The number of halogens is 3. The molecule has 2 unspecified atom stereocenters. The first-order valence-corrected chi connectivity index (χ1v) is 6.46. The first-order chi connectivity index (χ1) is 9.11. The molecule has 1 saturated carbocycles. The monoisotopic (exact) mass is 296 g/mol. The average molecular weight is 296 g/mol. The Bertz CT molecular complexity index is 369. The third-order valence-corrected chi connectivity index (χ3v) is 3.41. The van der Waals surface area contributed by atoms with Crippen LogP contribution in [-0.4, -0.2) is 46.7 Å². The Labute approximate surface area is 114 Å². The van der Waals surface area contributed by atoms with Gasteiger partial charge in [-0.2, -0.15) is 13.2 Å². The third-order valence-electron chi connectivity index (χ3n) is 3.41. The first kappa shape index (κ1) is 16.7. The molecule has 0 radical (unpaired) electrons. The summed E-state index contributed by atoms with van der Waals surface area (Å²) in [4.78, 5) is 23.2. The Morgan fingerprint density at radius 1 is 1.40 bits per heavy atom. The van der Waals surface area contributed by atoms with E-state index >= 15 is 0 Å². The Morgan fingerprint density at radius 3 is 2.35 bits per heavy atom. The molecule has 20 heavy (non-hydrogen) atoms. The highest BCUT2D eigenvalue weighted by Crippen LogP contribution is 2.36. The van der Waals surface area contributed by atoms with Crippen molar-refractivity contribution in [3.63, 3.8) is 0 Å². The molecular weight excluding hydrogens is 277 g/mol. The predicted molar refractivity (Wildman–Crippen MR) is 64.8 cm³/mol. The van der Waals surface area contributed by atoms with Gasteiger partial charge in [0.05, 0.1) is 6.04 Å². The number of rotatable bonds is 7. The molecule has 0 heterocycles. The zero-order chi connectivity index (χ0) is 15.5. The number of aliphatic carboxylic acids is 1. The van der Waals surface area contributed by atoms with E-state index in [1.807, 2.05) is 0 Å². The maximum atomic E-state index is 12.6. The molecule has 2 atom stereocenters. The lowest BCUT2D eigenvalue weighted by Crippen LogP contribution is -2.52.